The minimum Gasteiger partial charge on any atom is -0.419 e. The molecule has 1 aliphatic carbocycles. The number of sulfonamides is 1. The zero-order valence-corrected chi connectivity index (χ0v) is 19.8. The molecule has 0 bridgehead atoms. The van der Waals surface area contributed by atoms with Crippen molar-refractivity contribution in [2.75, 3.05) is 22.3 Å². The topological polar surface area (TPSA) is 149 Å². The van der Waals surface area contributed by atoms with E-state index in [0.717, 1.165) is 12.1 Å². The van der Waals surface area contributed by atoms with E-state index in [1.165, 1.54) is 6.42 Å². The Morgan fingerprint density at radius 1 is 1.21 bits per heavy atom. The van der Waals surface area contributed by atoms with Crippen LogP contribution in [0.2, 0.25) is 0 Å². The van der Waals surface area contributed by atoms with Crippen LogP contribution in [0.3, 0.4) is 0 Å². The minimum atomic E-state index is -3.50. The summed E-state index contributed by atoms with van der Waals surface area (Å²) in [7, 11) is -3.50. The third-order valence-electron chi connectivity index (χ3n) is 5.77. The van der Waals surface area contributed by atoms with Gasteiger partial charge in [0.2, 0.25) is 21.8 Å². The highest BCUT2D eigenvalue weighted by Gasteiger charge is 2.32. The van der Waals surface area contributed by atoms with Crippen molar-refractivity contribution in [3.63, 3.8) is 0 Å². The maximum Gasteiger partial charge on any atom is 0.248 e. The lowest BCUT2D eigenvalue weighted by Gasteiger charge is -2.19. The van der Waals surface area contributed by atoms with Gasteiger partial charge in [0.1, 0.15) is 11.6 Å². The smallest absolute Gasteiger partial charge is 0.248 e. The monoisotopic (exact) mass is 471 g/mol. The number of nitrogens with one attached hydrogen (secondary N) is 2. The quantitative estimate of drug-likeness (QED) is 0.406. The lowest BCUT2D eigenvalue weighted by Crippen LogP contribution is -2.35. The largest absolute Gasteiger partial charge is 0.419 e. The Morgan fingerprint density at radius 2 is 1.91 bits per heavy atom. The summed E-state index contributed by atoms with van der Waals surface area (Å²) in [4.78, 5) is 8.43. The summed E-state index contributed by atoms with van der Waals surface area (Å²) in [5.41, 5.74) is 7.14. The summed E-state index contributed by atoms with van der Waals surface area (Å²) in [5, 5.41) is 11.6. The predicted octanol–water partition coefficient (Wildman–Crippen LogP) is 2.77. The van der Waals surface area contributed by atoms with Crippen molar-refractivity contribution >= 4 is 21.7 Å². The summed E-state index contributed by atoms with van der Waals surface area (Å²) in [5.74, 6) is 2.45. The number of anilines is 2. The Kier molecular flexibility index (Phi) is 6.35. The van der Waals surface area contributed by atoms with E-state index in [4.69, 9.17) is 10.2 Å². The van der Waals surface area contributed by atoms with Crippen molar-refractivity contribution < 1.29 is 12.8 Å². The molecule has 0 saturated heterocycles. The van der Waals surface area contributed by atoms with E-state index in [9.17, 15) is 8.42 Å². The maximum atomic E-state index is 12.1. The van der Waals surface area contributed by atoms with Crippen molar-refractivity contribution in [2.24, 2.45) is 17.6 Å². The number of hydrogen-bond donors (Lipinski definition) is 3. The van der Waals surface area contributed by atoms with Crippen LogP contribution < -0.4 is 15.8 Å². The second-order valence-corrected chi connectivity index (χ2v) is 10.9. The first-order valence-electron chi connectivity index (χ1n) is 10.9. The Morgan fingerprint density at radius 3 is 2.58 bits per heavy atom. The molecule has 3 atom stereocenters. The SMILES string of the molecule is CCS(=O)(=O)Nc1cc(-c2nnc(C(C)(N)Cc3ccncc3)o2)cc(NCC2CC2C)n1. The van der Waals surface area contributed by atoms with Gasteiger partial charge in [-0.3, -0.25) is 9.71 Å². The number of aromatic nitrogens is 4. The first kappa shape index (κ1) is 23.1. The first-order chi connectivity index (χ1) is 15.6. The van der Waals surface area contributed by atoms with Gasteiger partial charge in [0.05, 0.1) is 11.3 Å². The molecular formula is C22H29N7O3S. The summed E-state index contributed by atoms with van der Waals surface area (Å²) in [6.45, 7) is 6.35. The molecule has 3 heterocycles. The third kappa shape index (κ3) is 5.85. The highest BCUT2D eigenvalue weighted by molar-refractivity contribution is 7.92. The fourth-order valence-corrected chi connectivity index (χ4v) is 4.09. The van der Waals surface area contributed by atoms with Crippen LogP contribution in [0.4, 0.5) is 11.6 Å². The number of pyridine rings is 2. The number of nitrogens with zero attached hydrogens (tertiary/aromatic N) is 4. The molecule has 0 radical (unpaired) electrons. The zero-order chi connectivity index (χ0) is 23.6. The van der Waals surface area contributed by atoms with Crippen LogP contribution in [0, 0.1) is 11.8 Å². The van der Waals surface area contributed by atoms with Gasteiger partial charge in [-0.05, 0) is 68.4 Å². The molecule has 1 aliphatic rings. The predicted molar refractivity (Wildman–Crippen MR) is 126 cm³/mol. The molecule has 3 unspecified atom stereocenters. The molecule has 33 heavy (non-hydrogen) atoms. The summed E-state index contributed by atoms with van der Waals surface area (Å²) in [6.07, 6.45) is 5.07. The lowest BCUT2D eigenvalue weighted by molar-refractivity contribution is 0.355. The lowest BCUT2D eigenvalue weighted by atomic mass is 9.94. The molecule has 3 aromatic rings. The normalized spacial score (nSPS) is 19.6. The van der Waals surface area contributed by atoms with Gasteiger partial charge in [-0.2, -0.15) is 0 Å². The van der Waals surface area contributed by atoms with E-state index < -0.39 is 15.6 Å². The van der Waals surface area contributed by atoms with Gasteiger partial charge < -0.3 is 15.5 Å². The molecule has 0 amide bonds. The molecule has 0 aliphatic heterocycles. The minimum absolute atomic E-state index is 0.0630. The van der Waals surface area contributed by atoms with Gasteiger partial charge in [0.15, 0.2) is 0 Å². The fraction of sp³-hybridized carbons (Fsp3) is 0.455. The molecule has 0 spiro atoms. The molecule has 4 N–H and O–H groups in total. The Bertz CT molecular complexity index is 1210. The second kappa shape index (κ2) is 9.06. The van der Waals surface area contributed by atoms with Crippen LogP contribution in [-0.2, 0) is 22.0 Å². The van der Waals surface area contributed by atoms with Crippen molar-refractivity contribution in [1.82, 2.24) is 20.2 Å². The summed E-state index contributed by atoms with van der Waals surface area (Å²) < 4.78 is 32.7. The van der Waals surface area contributed by atoms with Crippen LogP contribution in [0.1, 0.15) is 38.6 Å². The Labute approximate surface area is 193 Å². The highest BCUT2D eigenvalue weighted by atomic mass is 32.2. The third-order valence-corrected chi connectivity index (χ3v) is 7.05. The summed E-state index contributed by atoms with van der Waals surface area (Å²) in [6, 6.07) is 7.11. The fourth-order valence-electron chi connectivity index (χ4n) is 3.52. The second-order valence-electron chi connectivity index (χ2n) is 8.85. The average Bonchev–Trinajstić information content (AvgIpc) is 3.24. The maximum absolute atomic E-state index is 12.1. The van der Waals surface area contributed by atoms with Gasteiger partial charge in [0.25, 0.3) is 0 Å². The van der Waals surface area contributed by atoms with Gasteiger partial charge in [-0.25, -0.2) is 13.4 Å². The van der Waals surface area contributed by atoms with Crippen molar-refractivity contribution in [2.45, 2.75) is 39.2 Å². The van der Waals surface area contributed by atoms with E-state index in [0.29, 0.717) is 29.6 Å². The van der Waals surface area contributed by atoms with Crippen LogP contribution in [0.5, 0.6) is 0 Å². The Hall–Kier alpha value is -3.05. The zero-order valence-electron chi connectivity index (χ0n) is 18.9. The molecule has 0 aromatic carbocycles. The van der Waals surface area contributed by atoms with Gasteiger partial charge in [-0.1, -0.05) is 6.92 Å². The first-order valence-corrected chi connectivity index (χ1v) is 12.6. The Balaban J connectivity index is 1.61. The molecule has 3 aromatic heterocycles. The van der Waals surface area contributed by atoms with Crippen LogP contribution in [0.15, 0.2) is 41.1 Å². The van der Waals surface area contributed by atoms with Gasteiger partial charge in [-0.15, -0.1) is 10.2 Å². The number of nitrogens with two attached hydrogens (primary N) is 1. The van der Waals surface area contributed by atoms with Crippen molar-refractivity contribution in [3.8, 4) is 11.5 Å². The standard InChI is InChI=1S/C22H29N7O3S/c1-4-33(30,31)29-19-11-16(10-18(26-19)25-13-17-9-14(17)2)20-27-28-21(32-20)22(3,23)12-15-5-7-24-8-6-15/h5-8,10-11,14,17H,4,9,12-13,23H2,1-3H3,(H2,25,26,29). The summed E-state index contributed by atoms with van der Waals surface area (Å²) >= 11 is 0. The van der Waals surface area contributed by atoms with E-state index in [1.54, 1.807) is 31.5 Å². The molecule has 10 nitrogen and oxygen atoms in total. The molecule has 1 fully saturated rings. The van der Waals surface area contributed by atoms with Crippen molar-refractivity contribution in [3.05, 3.63) is 48.1 Å². The van der Waals surface area contributed by atoms with Crippen LogP contribution in [-0.4, -0.2) is 40.9 Å². The molecule has 11 heteroatoms. The molecule has 1 saturated carbocycles. The van der Waals surface area contributed by atoms with Crippen LogP contribution in [0.25, 0.3) is 11.5 Å². The van der Waals surface area contributed by atoms with E-state index in [-0.39, 0.29) is 23.4 Å². The molecule has 176 valence electrons. The number of hydrogen-bond acceptors (Lipinski definition) is 9. The number of rotatable bonds is 10. The molecular weight excluding hydrogens is 442 g/mol. The van der Waals surface area contributed by atoms with Gasteiger partial charge in [0, 0.05) is 24.5 Å². The van der Waals surface area contributed by atoms with E-state index >= 15 is 0 Å². The van der Waals surface area contributed by atoms with Crippen LogP contribution >= 0.6 is 0 Å². The van der Waals surface area contributed by atoms with Gasteiger partial charge >= 0.3 is 0 Å². The van der Waals surface area contributed by atoms with E-state index in [2.05, 4.69) is 37.1 Å². The average molecular weight is 472 g/mol. The highest BCUT2D eigenvalue weighted by Crippen LogP contribution is 2.37. The van der Waals surface area contributed by atoms with E-state index in [1.807, 2.05) is 19.1 Å². The van der Waals surface area contributed by atoms with Crippen molar-refractivity contribution in [1.29, 1.82) is 0 Å². The molecule has 4 rings (SSSR count).